The second-order valence-electron chi connectivity index (χ2n) is 7.85. The number of fused-ring (bicyclic) bond motifs is 1. The van der Waals surface area contributed by atoms with Crippen LogP contribution in [-0.2, 0) is 9.53 Å². The summed E-state index contributed by atoms with van der Waals surface area (Å²) in [5, 5.41) is 5.45. The standard InChI is InChI=1S/C23H32N2O3/c1-25(12-13-27-2)16-18-6-5-9-21(14-18)24-23(26)17-28-22-11-10-19-7-3-4-8-20(19)15-22/h3-4,7-8,10-11,15,18,21H,5-6,9,12-14,16-17H2,1-2H3,(H,24,26)/t18-,21+/m1/s1. The second-order valence-corrected chi connectivity index (χ2v) is 7.85. The Balaban J connectivity index is 1.43. The first kappa shape index (κ1) is 20.6. The number of rotatable bonds is 9. The van der Waals surface area contributed by atoms with Crippen LogP contribution in [0, 0.1) is 5.92 Å². The van der Waals surface area contributed by atoms with Crippen LogP contribution in [0.1, 0.15) is 25.7 Å². The van der Waals surface area contributed by atoms with Crippen molar-refractivity contribution in [2.24, 2.45) is 5.92 Å². The quantitative estimate of drug-likeness (QED) is 0.719. The number of likely N-dealkylation sites (N-methyl/N-ethyl adjacent to an activating group) is 1. The summed E-state index contributed by atoms with van der Waals surface area (Å²) in [6, 6.07) is 14.3. The number of amides is 1. The van der Waals surface area contributed by atoms with E-state index in [0.717, 1.165) is 43.7 Å². The number of methoxy groups -OCH3 is 1. The molecule has 0 bridgehead atoms. The fraction of sp³-hybridized carbons (Fsp3) is 0.522. The predicted molar refractivity (Wildman–Crippen MR) is 113 cm³/mol. The molecular formula is C23H32N2O3. The molecule has 1 aliphatic carbocycles. The van der Waals surface area contributed by atoms with Gasteiger partial charge in [0.2, 0.25) is 0 Å². The van der Waals surface area contributed by atoms with Gasteiger partial charge in [0, 0.05) is 26.2 Å². The highest BCUT2D eigenvalue weighted by molar-refractivity contribution is 5.84. The van der Waals surface area contributed by atoms with Crippen molar-refractivity contribution >= 4 is 16.7 Å². The normalized spacial score (nSPS) is 19.7. The maximum Gasteiger partial charge on any atom is 0.258 e. The molecule has 0 saturated heterocycles. The van der Waals surface area contributed by atoms with Crippen LogP contribution in [0.15, 0.2) is 42.5 Å². The summed E-state index contributed by atoms with van der Waals surface area (Å²) >= 11 is 0. The van der Waals surface area contributed by atoms with E-state index in [1.54, 1.807) is 7.11 Å². The number of nitrogens with zero attached hydrogens (tertiary/aromatic N) is 1. The van der Waals surface area contributed by atoms with Crippen molar-refractivity contribution in [3.8, 4) is 5.75 Å². The Kier molecular flexibility index (Phi) is 7.69. The Morgan fingerprint density at radius 2 is 2.00 bits per heavy atom. The molecule has 0 aromatic heterocycles. The third-order valence-electron chi connectivity index (χ3n) is 5.49. The molecular weight excluding hydrogens is 352 g/mol. The number of hydrogen-bond donors (Lipinski definition) is 1. The van der Waals surface area contributed by atoms with Gasteiger partial charge in [-0.25, -0.2) is 0 Å². The third-order valence-corrected chi connectivity index (χ3v) is 5.49. The molecule has 1 fully saturated rings. The Labute approximate surface area is 168 Å². The smallest absolute Gasteiger partial charge is 0.258 e. The van der Waals surface area contributed by atoms with Crippen LogP contribution in [-0.4, -0.2) is 57.3 Å². The van der Waals surface area contributed by atoms with Crippen molar-refractivity contribution in [2.45, 2.75) is 31.7 Å². The zero-order valence-electron chi connectivity index (χ0n) is 17.0. The molecule has 5 nitrogen and oxygen atoms in total. The van der Waals surface area contributed by atoms with Crippen LogP contribution in [0.2, 0.25) is 0 Å². The molecule has 1 N–H and O–H groups in total. The van der Waals surface area contributed by atoms with Gasteiger partial charge in [0.15, 0.2) is 6.61 Å². The van der Waals surface area contributed by atoms with Gasteiger partial charge >= 0.3 is 0 Å². The van der Waals surface area contributed by atoms with Gasteiger partial charge in [-0.2, -0.15) is 0 Å². The van der Waals surface area contributed by atoms with Crippen LogP contribution < -0.4 is 10.1 Å². The lowest BCUT2D eigenvalue weighted by Crippen LogP contribution is -2.42. The Bertz CT molecular complexity index is 764. The summed E-state index contributed by atoms with van der Waals surface area (Å²) < 4.78 is 10.9. The Hall–Kier alpha value is -2.11. The van der Waals surface area contributed by atoms with Crippen LogP contribution >= 0.6 is 0 Å². The van der Waals surface area contributed by atoms with Crippen LogP contribution in [0.4, 0.5) is 0 Å². The molecule has 0 aliphatic heterocycles. The summed E-state index contributed by atoms with van der Waals surface area (Å²) in [4.78, 5) is 14.7. The molecule has 0 spiro atoms. The lowest BCUT2D eigenvalue weighted by atomic mass is 9.85. The average Bonchev–Trinajstić information content (AvgIpc) is 2.71. The highest BCUT2D eigenvalue weighted by Gasteiger charge is 2.24. The van der Waals surface area contributed by atoms with Crippen LogP contribution in [0.3, 0.4) is 0 Å². The molecule has 0 radical (unpaired) electrons. The van der Waals surface area contributed by atoms with Crippen molar-refractivity contribution in [1.29, 1.82) is 0 Å². The fourth-order valence-electron chi connectivity index (χ4n) is 4.04. The number of carbonyl (C=O) groups excluding carboxylic acids is 1. The number of nitrogens with one attached hydrogen (secondary N) is 1. The van der Waals surface area contributed by atoms with Crippen LogP contribution in [0.25, 0.3) is 10.8 Å². The molecule has 152 valence electrons. The van der Waals surface area contributed by atoms with Gasteiger partial charge in [-0.05, 0) is 55.1 Å². The first-order valence-electron chi connectivity index (χ1n) is 10.2. The second kappa shape index (κ2) is 10.4. The molecule has 5 heteroatoms. The highest BCUT2D eigenvalue weighted by Crippen LogP contribution is 2.25. The molecule has 1 amide bonds. The van der Waals surface area contributed by atoms with Crippen LogP contribution in [0.5, 0.6) is 5.75 Å². The average molecular weight is 385 g/mol. The van der Waals surface area contributed by atoms with E-state index in [-0.39, 0.29) is 18.6 Å². The molecule has 2 aromatic rings. The summed E-state index contributed by atoms with van der Waals surface area (Å²) in [6.07, 6.45) is 4.50. The number of hydrogen-bond acceptors (Lipinski definition) is 4. The minimum atomic E-state index is -0.0356. The minimum Gasteiger partial charge on any atom is -0.484 e. The monoisotopic (exact) mass is 384 g/mol. The number of ether oxygens (including phenoxy) is 2. The fourth-order valence-corrected chi connectivity index (χ4v) is 4.04. The molecule has 1 saturated carbocycles. The molecule has 2 aromatic carbocycles. The van der Waals surface area contributed by atoms with E-state index in [9.17, 15) is 4.79 Å². The first-order chi connectivity index (χ1) is 13.6. The maximum absolute atomic E-state index is 12.4. The van der Waals surface area contributed by atoms with Gasteiger partial charge in [-0.1, -0.05) is 36.8 Å². The number of carbonyl (C=O) groups is 1. The van der Waals surface area contributed by atoms with Gasteiger partial charge in [0.25, 0.3) is 5.91 Å². The lowest BCUT2D eigenvalue weighted by molar-refractivity contribution is -0.124. The highest BCUT2D eigenvalue weighted by atomic mass is 16.5. The Morgan fingerprint density at radius 1 is 1.18 bits per heavy atom. The molecule has 0 unspecified atom stereocenters. The zero-order chi connectivity index (χ0) is 19.8. The first-order valence-corrected chi connectivity index (χ1v) is 10.2. The Morgan fingerprint density at radius 3 is 2.82 bits per heavy atom. The maximum atomic E-state index is 12.4. The SMILES string of the molecule is COCCN(C)C[C@@H]1CCC[C@H](NC(=O)COc2ccc3ccccc3c2)C1. The van der Waals surface area contributed by atoms with Gasteiger partial charge in [0.1, 0.15) is 5.75 Å². The number of benzene rings is 2. The van der Waals surface area contributed by atoms with Crippen molar-refractivity contribution in [1.82, 2.24) is 10.2 Å². The van der Waals surface area contributed by atoms with Crippen molar-refractivity contribution in [2.75, 3.05) is 40.5 Å². The largest absolute Gasteiger partial charge is 0.484 e. The van der Waals surface area contributed by atoms with E-state index < -0.39 is 0 Å². The van der Waals surface area contributed by atoms with Gasteiger partial charge in [0.05, 0.1) is 6.61 Å². The molecule has 28 heavy (non-hydrogen) atoms. The summed E-state index contributed by atoms with van der Waals surface area (Å²) in [6.45, 7) is 2.83. The predicted octanol–water partition coefficient (Wildman–Crippen LogP) is 3.47. The van der Waals surface area contributed by atoms with Gasteiger partial charge in [-0.15, -0.1) is 0 Å². The van der Waals surface area contributed by atoms with Gasteiger partial charge in [-0.3, -0.25) is 4.79 Å². The zero-order valence-corrected chi connectivity index (χ0v) is 17.0. The van der Waals surface area contributed by atoms with E-state index in [1.165, 1.54) is 18.2 Å². The van der Waals surface area contributed by atoms with Crippen molar-refractivity contribution in [3.05, 3.63) is 42.5 Å². The van der Waals surface area contributed by atoms with E-state index in [0.29, 0.717) is 5.92 Å². The summed E-state index contributed by atoms with van der Waals surface area (Å²) in [7, 11) is 3.87. The van der Waals surface area contributed by atoms with E-state index in [4.69, 9.17) is 9.47 Å². The van der Waals surface area contributed by atoms with E-state index in [2.05, 4.69) is 23.3 Å². The lowest BCUT2D eigenvalue weighted by Gasteiger charge is -2.32. The van der Waals surface area contributed by atoms with E-state index in [1.807, 2.05) is 36.4 Å². The summed E-state index contributed by atoms with van der Waals surface area (Å²) in [5.41, 5.74) is 0. The minimum absolute atomic E-state index is 0.0356. The topological polar surface area (TPSA) is 50.8 Å². The molecule has 1 aliphatic rings. The molecule has 2 atom stereocenters. The summed E-state index contributed by atoms with van der Waals surface area (Å²) in [5.74, 6) is 1.32. The molecule has 0 heterocycles. The van der Waals surface area contributed by atoms with Gasteiger partial charge < -0.3 is 19.7 Å². The van der Waals surface area contributed by atoms with E-state index >= 15 is 0 Å². The van der Waals surface area contributed by atoms with Crippen molar-refractivity contribution in [3.63, 3.8) is 0 Å². The third kappa shape index (κ3) is 6.21. The van der Waals surface area contributed by atoms with Crippen molar-refractivity contribution < 1.29 is 14.3 Å². The molecule has 3 rings (SSSR count).